The maximum absolute atomic E-state index is 12.8. The summed E-state index contributed by atoms with van der Waals surface area (Å²) in [5.41, 5.74) is 0.244. The SMILES string of the molecule is CC1CC1c1ccc(CN(C)C(=O)c2nc(N3CCCC3)ncc2Cl)o1. The van der Waals surface area contributed by atoms with Gasteiger partial charge in [0.25, 0.3) is 5.91 Å². The normalized spacial score (nSPS) is 21.9. The van der Waals surface area contributed by atoms with Crippen LogP contribution in [0, 0.1) is 5.92 Å². The molecule has 0 N–H and O–H groups in total. The molecule has 1 saturated carbocycles. The van der Waals surface area contributed by atoms with E-state index in [2.05, 4.69) is 21.8 Å². The molecule has 2 aromatic rings. The minimum atomic E-state index is -0.226. The highest BCUT2D eigenvalue weighted by molar-refractivity contribution is 6.33. The molecule has 1 amide bonds. The molecule has 3 heterocycles. The molecule has 1 aliphatic heterocycles. The predicted molar refractivity (Wildman–Crippen MR) is 99.5 cm³/mol. The molecular weight excluding hydrogens is 352 g/mol. The molecule has 0 radical (unpaired) electrons. The predicted octanol–water partition coefficient (Wildman–Crippen LogP) is 3.72. The van der Waals surface area contributed by atoms with Gasteiger partial charge in [-0.25, -0.2) is 9.97 Å². The average Bonchev–Trinajstić information content (AvgIpc) is 3.06. The molecule has 26 heavy (non-hydrogen) atoms. The molecular formula is C19H23ClN4O2. The Morgan fingerprint density at radius 2 is 2.12 bits per heavy atom. The van der Waals surface area contributed by atoms with Gasteiger partial charge < -0.3 is 14.2 Å². The van der Waals surface area contributed by atoms with Crippen LogP contribution in [0.3, 0.4) is 0 Å². The largest absolute Gasteiger partial charge is 0.464 e. The van der Waals surface area contributed by atoms with E-state index < -0.39 is 0 Å². The van der Waals surface area contributed by atoms with Crippen LogP contribution in [0.15, 0.2) is 22.7 Å². The van der Waals surface area contributed by atoms with Gasteiger partial charge in [0.05, 0.1) is 17.8 Å². The van der Waals surface area contributed by atoms with E-state index in [1.807, 2.05) is 12.1 Å². The summed E-state index contributed by atoms with van der Waals surface area (Å²) in [7, 11) is 1.73. The number of halogens is 1. The van der Waals surface area contributed by atoms with E-state index in [1.165, 1.54) is 12.6 Å². The molecule has 2 atom stereocenters. The highest BCUT2D eigenvalue weighted by Crippen LogP contribution is 2.47. The van der Waals surface area contributed by atoms with Crippen LogP contribution >= 0.6 is 11.6 Å². The van der Waals surface area contributed by atoms with Crippen molar-refractivity contribution in [3.8, 4) is 0 Å². The molecule has 2 unspecified atom stereocenters. The topological polar surface area (TPSA) is 62.5 Å². The van der Waals surface area contributed by atoms with Crippen LogP contribution in [-0.2, 0) is 6.54 Å². The number of anilines is 1. The van der Waals surface area contributed by atoms with Gasteiger partial charge in [-0.3, -0.25) is 4.79 Å². The van der Waals surface area contributed by atoms with E-state index in [0.29, 0.717) is 24.3 Å². The van der Waals surface area contributed by atoms with E-state index in [0.717, 1.165) is 37.5 Å². The molecule has 0 bridgehead atoms. The van der Waals surface area contributed by atoms with E-state index >= 15 is 0 Å². The molecule has 0 aromatic carbocycles. The molecule has 2 aliphatic rings. The molecule has 2 fully saturated rings. The number of aromatic nitrogens is 2. The fraction of sp³-hybridized carbons (Fsp3) is 0.526. The first-order valence-electron chi connectivity index (χ1n) is 9.14. The number of nitrogens with zero attached hydrogens (tertiary/aromatic N) is 4. The summed E-state index contributed by atoms with van der Waals surface area (Å²) in [6.07, 6.45) is 4.94. The molecule has 1 aliphatic carbocycles. The van der Waals surface area contributed by atoms with Crippen LogP contribution in [0.2, 0.25) is 5.02 Å². The lowest BCUT2D eigenvalue weighted by Gasteiger charge is -2.19. The number of rotatable bonds is 5. The van der Waals surface area contributed by atoms with Crippen LogP contribution in [-0.4, -0.2) is 40.9 Å². The third-order valence-electron chi connectivity index (χ3n) is 5.22. The Balaban J connectivity index is 1.47. The molecule has 7 heteroatoms. The quantitative estimate of drug-likeness (QED) is 0.798. The Labute approximate surface area is 158 Å². The van der Waals surface area contributed by atoms with Gasteiger partial charge in [0, 0.05) is 26.1 Å². The number of furan rings is 1. The van der Waals surface area contributed by atoms with Crippen molar-refractivity contribution in [1.82, 2.24) is 14.9 Å². The Bertz CT molecular complexity index is 816. The van der Waals surface area contributed by atoms with Gasteiger partial charge in [-0.15, -0.1) is 0 Å². The van der Waals surface area contributed by atoms with E-state index in [4.69, 9.17) is 16.0 Å². The Hall–Kier alpha value is -2.08. The summed E-state index contributed by atoms with van der Waals surface area (Å²) in [5, 5.41) is 0.275. The smallest absolute Gasteiger partial charge is 0.274 e. The van der Waals surface area contributed by atoms with E-state index in [-0.39, 0.29) is 16.6 Å². The second-order valence-electron chi connectivity index (χ2n) is 7.35. The molecule has 1 saturated heterocycles. The van der Waals surface area contributed by atoms with Crippen molar-refractivity contribution in [2.75, 3.05) is 25.0 Å². The fourth-order valence-electron chi connectivity index (χ4n) is 3.46. The highest BCUT2D eigenvalue weighted by Gasteiger charge is 2.36. The van der Waals surface area contributed by atoms with Gasteiger partial charge in [0.15, 0.2) is 5.69 Å². The van der Waals surface area contributed by atoms with Gasteiger partial charge in [0.1, 0.15) is 11.5 Å². The standard InChI is InChI=1S/C19H23ClN4O2/c1-12-9-14(12)16-6-5-13(26-16)11-23(2)18(25)17-15(20)10-21-19(22-17)24-7-3-4-8-24/h5-6,10,12,14H,3-4,7-9,11H2,1-2H3. The number of hydrogen-bond donors (Lipinski definition) is 0. The van der Waals surface area contributed by atoms with Crippen molar-refractivity contribution >= 4 is 23.5 Å². The third kappa shape index (κ3) is 3.43. The van der Waals surface area contributed by atoms with Crippen molar-refractivity contribution in [3.63, 3.8) is 0 Å². The average molecular weight is 375 g/mol. The minimum absolute atomic E-state index is 0.226. The summed E-state index contributed by atoms with van der Waals surface area (Å²) < 4.78 is 5.90. The fourth-order valence-corrected chi connectivity index (χ4v) is 3.63. The van der Waals surface area contributed by atoms with Gasteiger partial charge in [-0.1, -0.05) is 18.5 Å². The van der Waals surface area contributed by atoms with Gasteiger partial charge in [0.2, 0.25) is 5.95 Å². The molecule has 4 rings (SSSR count). The summed E-state index contributed by atoms with van der Waals surface area (Å²) in [5.74, 6) is 3.37. The van der Waals surface area contributed by atoms with Crippen LogP contribution in [0.1, 0.15) is 54.1 Å². The van der Waals surface area contributed by atoms with E-state index in [9.17, 15) is 4.79 Å². The first-order chi connectivity index (χ1) is 12.5. The lowest BCUT2D eigenvalue weighted by Crippen LogP contribution is -2.28. The van der Waals surface area contributed by atoms with Crippen molar-refractivity contribution < 1.29 is 9.21 Å². The Morgan fingerprint density at radius 3 is 2.81 bits per heavy atom. The zero-order valence-electron chi connectivity index (χ0n) is 15.1. The van der Waals surface area contributed by atoms with Gasteiger partial charge in [-0.05, 0) is 37.3 Å². The maximum atomic E-state index is 12.8. The number of hydrogen-bond acceptors (Lipinski definition) is 5. The second-order valence-corrected chi connectivity index (χ2v) is 7.75. The van der Waals surface area contributed by atoms with Gasteiger partial charge >= 0.3 is 0 Å². The molecule has 0 spiro atoms. The number of carbonyl (C=O) groups excluding carboxylic acids is 1. The Kier molecular flexibility index (Phi) is 4.61. The number of carbonyl (C=O) groups is 1. The third-order valence-corrected chi connectivity index (χ3v) is 5.50. The van der Waals surface area contributed by atoms with Crippen LogP contribution in [0.4, 0.5) is 5.95 Å². The first-order valence-corrected chi connectivity index (χ1v) is 9.52. The lowest BCUT2D eigenvalue weighted by atomic mass is 10.3. The van der Waals surface area contributed by atoms with Crippen molar-refractivity contribution in [2.24, 2.45) is 5.92 Å². The zero-order valence-corrected chi connectivity index (χ0v) is 15.9. The Morgan fingerprint density at radius 1 is 1.38 bits per heavy atom. The summed E-state index contributed by atoms with van der Waals surface area (Å²) in [4.78, 5) is 25.2. The minimum Gasteiger partial charge on any atom is -0.464 e. The lowest BCUT2D eigenvalue weighted by molar-refractivity contribution is 0.0769. The monoisotopic (exact) mass is 374 g/mol. The zero-order chi connectivity index (χ0) is 18.3. The van der Waals surface area contributed by atoms with Crippen LogP contribution < -0.4 is 4.90 Å². The maximum Gasteiger partial charge on any atom is 0.274 e. The highest BCUT2D eigenvalue weighted by atomic mass is 35.5. The summed E-state index contributed by atoms with van der Waals surface area (Å²) >= 11 is 6.20. The summed E-state index contributed by atoms with van der Waals surface area (Å²) in [6.45, 7) is 4.44. The molecule has 138 valence electrons. The van der Waals surface area contributed by atoms with Crippen molar-refractivity contribution in [3.05, 3.63) is 40.6 Å². The first kappa shape index (κ1) is 17.3. The second kappa shape index (κ2) is 6.91. The molecule has 2 aromatic heterocycles. The molecule has 6 nitrogen and oxygen atoms in total. The van der Waals surface area contributed by atoms with Crippen LogP contribution in [0.25, 0.3) is 0 Å². The van der Waals surface area contributed by atoms with Gasteiger partial charge in [-0.2, -0.15) is 0 Å². The number of amides is 1. The van der Waals surface area contributed by atoms with Crippen molar-refractivity contribution in [2.45, 2.75) is 38.6 Å². The van der Waals surface area contributed by atoms with Crippen LogP contribution in [0.5, 0.6) is 0 Å². The van der Waals surface area contributed by atoms with Crippen molar-refractivity contribution in [1.29, 1.82) is 0 Å². The van der Waals surface area contributed by atoms with E-state index in [1.54, 1.807) is 11.9 Å². The summed E-state index contributed by atoms with van der Waals surface area (Å²) in [6, 6.07) is 3.96.